The lowest BCUT2D eigenvalue weighted by molar-refractivity contribution is -0.154. The molecule has 0 bridgehead atoms. The SMILES string of the molecule is CC.CC.CC.CC.CCC(C)(C)C(=O)OCCc1ccccc1.CCC(C)(C)C(=O)Oc1ccccc1.CCC(C)C(=O)Nc1ccccc1.CCC(C)c1cccc2c1sc1ccccc12. The van der Waals surface area contributed by atoms with E-state index in [0.29, 0.717) is 18.3 Å². The molecule has 0 radical (unpaired) electrons. The summed E-state index contributed by atoms with van der Waals surface area (Å²) in [5.41, 5.74) is 2.80. The van der Waals surface area contributed by atoms with Crippen LogP contribution in [0.5, 0.6) is 5.75 Å². The van der Waals surface area contributed by atoms with E-state index in [0.717, 1.165) is 31.4 Å². The molecule has 0 aliphatic rings. The fourth-order valence-electron chi connectivity index (χ4n) is 5.47. The normalized spacial score (nSPS) is 10.9. The summed E-state index contributed by atoms with van der Waals surface area (Å²) in [6.45, 7) is 36.6. The van der Waals surface area contributed by atoms with Gasteiger partial charge in [0.2, 0.25) is 5.91 Å². The first-order valence-corrected chi connectivity index (χ1v) is 26.2. The van der Waals surface area contributed by atoms with Gasteiger partial charge in [0, 0.05) is 38.2 Å². The highest BCUT2D eigenvalue weighted by molar-refractivity contribution is 7.26. The lowest BCUT2D eigenvalue weighted by atomic mass is 9.91. The lowest BCUT2D eigenvalue weighted by Gasteiger charge is -2.20. The predicted molar refractivity (Wildman–Crippen MR) is 299 cm³/mol. The number of ether oxygens (including phenoxy) is 2. The van der Waals surface area contributed by atoms with Crippen LogP contribution in [0.4, 0.5) is 5.69 Å². The first-order chi connectivity index (χ1) is 32.7. The van der Waals surface area contributed by atoms with E-state index in [4.69, 9.17) is 9.47 Å². The highest BCUT2D eigenvalue weighted by Gasteiger charge is 2.28. The van der Waals surface area contributed by atoms with Crippen molar-refractivity contribution in [2.45, 2.75) is 163 Å². The fourth-order valence-corrected chi connectivity index (χ4v) is 6.80. The molecule has 6 nitrogen and oxygen atoms in total. The van der Waals surface area contributed by atoms with Gasteiger partial charge in [-0.2, -0.15) is 0 Å². The average Bonchev–Trinajstić information content (AvgIpc) is 3.78. The number of amides is 1. The Bertz CT molecular complexity index is 2180. The zero-order valence-corrected chi connectivity index (χ0v) is 46.4. The molecule has 2 unspecified atom stereocenters. The smallest absolute Gasteiger partial charge is 0.316 e. The molecule has 5 aromatic carbocycles. The molecule has 1 heterocycles. The summed E-state index contributed by atoms with van der Waals surface area (Å²) in [6.07, 6.45) is 4.44. The summed E-state index contributed by atoms with van der Waals surface area (Å²) in [5, 5.41) is 5.67. The van der Waals surface area contributed by atoms with Crippen LogP contribution in [0.2, 0.25) is 0 Å². The highest BCUT2D eigenvalue weighted by atomic mass is 32.1. The maximum Gasteiger partial charge on any atom is 0.316 e. The van der Waals surface area contributed by atoms with Crippen LogP contribution < -0.4 is 10.1 Å². The zero-order chi connectivity index (χ0) is 52.1. The van der Waals surface area contributed by atoms with Crippen molar-refractivity contribution in [3.63, 3.8) is 0 Å². The first kappa shape index (κ1) is 64.8. The predicted octanol–water partition coefficient (Wildman–Crippen LogP) is 18.6. The molecule has 6 aromatic rings. The monoisotopic (exact) mass is 950 g/mol. The van der Waals surface area contributed by atoms with Crippen LogP contribution in [-0.2, 0) is 25.5 Å². The summed E-state index contributed by atoms with van der Waals surface area (Å²) >= 11 is 1.93. The second-order valence-electron chi connectivity index (χ2n) is 16.3. The van der Waals surface area contributed by atoms with E-state index in [1.165, 1.54) is 37.7 Å². The number of esters is 2. The van der Waals surface area contributed by atoms with Crippen molar-refractivity contribution in [1.82, 2.24) is 0 Å². The quantitative estimate of drug-likeness (QED) is 0.0921. The van der Waals surface area contributed by atoms with Crippen molar-refractivity contribution in [2.24, 2.45) is 16.7 Å². The van der Waals surface area contributed by atoms with Crippen LogP contribution in [0.1, 0.15) is 167 Å². The van der Waals surface area contributed by atoms with Gasteiger partial charge in [-0.3, -0.25) is 14.4 Å². The van der Waals surface area contributed by atoms with Gasteiger partial charge < -0.3 is 14.8 Å². The number of rotatable bonds is 13. The molecule has 0 spiro atoms. The van der Waals surface area contributed by atoms with E-state index in [1.807, 2.05) is 201 Å². The molecule has 1 aromatic heterocycles. The Morgan fingerprint density at radius 3 is 1.54 bits per heavy atom. The molecule has 2 atom stereocenters. The second kappa shape index (κ2) is 37.7. The summed E-state index contributed by atoms with van der Waals surface area (Å²) in [7, 11) is 0. The Morgan fingerprint density at radius 1 is 0.559 bits per heavy atom. The minimum Gasteiger partial charge on any atom is -0.465 e. The molecule has 1 amide bonds. The number of hydrogen-bond donors (Lipinski definition) is 1. The Hall–Kier alpha value is -5.27. The van der Waals surface area contributed by atoms with Crippen LogP contribution >= 0.6 is 11.3 Å². The average molecular weight is 950 g/mol. The van der Waals surface area contributed by atoms with Crippen LogP contribution in [0, 0.1) is 16.7 Å². The van der Waals surface area contributed by atoms with Crippen molar-refractivity contribution in [3.8, 4) is 5.75 Å². The maximum atomic E-state index is 11.7. The molecular weight excluding hydrogens is 859 g/mol. The van der Waals surface area contributed by atoms with Gasteiger partial charge in [-0.15, -0.1) is 11.3 Å². The Labute approximate surface area is 418 Å². The fraction of sp³-hybridized carbons (Fsp3) is 0.459. The topological polar surface area (TPSA) is 81.7 Å². The number of anilines is 1. The molecule has 68 heavy (non-hydrogen) atoms. The van der Waals surface area contributed by atoms with Gasteiger partial charge in [0.25, 0.3) is 0 Å². The summed E-state index contributed by atoms with van der Waals surface area (Å²) < 4.78 is 13.4. The van der Waals surface area contributed by atoms with Gasteiger partial charge in [-0.05, 0) is 101 Å². The summed E-state index contributed by atoms with van der Waals surface area (Å²) in [6, 6.07) is 44.2. The number of nitrogens with one attached hydrogen (secondary N) is 1. The van der Waals surface area contributed by atoms with Crippen LogP contribution in [0.25, 0.3) is 20.2 Å². The molecule has 1 N–H and O–H groups in total. The van der Waals surface area contributed by atoms with Crippen molar-refractivity contribution in [2.75, 3.05) is 11.9 Å². The van der Waals surface area contributed by atoms with E-state index in [2.05, 4.69) is 61.6 Å². The van der Waals surface area contributed by atoms with Crippen molar-refractivity contribution < 1.29 is 23.9 Å². The lowest BCUT2D eigenvalue weighted by Crippen LogP contribution is -2.28. The van der Waals surface area contributed by atoms with Crippen molar-refractivity contribution in [3.05, 3.63) is 145 Å². The zero-order valence-electron chi connectivity index (χ0n) is 45.5. The first-order valence-electron chi connectivity index (χ1n) is 25.4. The van der Waals surface area contributed by atoms with Gasteiger partial charge in [0.05, 0.1) is 17.4 Å². The van der Waals surface area contributed by atoms with E-state index in [9.17, 15) is 14.4 Å². The number of para-hydroxylation sites is 2. The molecule has 0 aliphatic heterocycles. The van der Waals surface area contributed by atoms with Gasteiger partial charge in [0.1, 0.15) is 5.75 Å². The molecular formula is C61H91NO5S. The third kappa shape index (κ3) is 23.6. The molecule has 6 rings (SSSR count). The van der Waals surface area contributed by atoms with Crippen LogP contribution in [0.15, 0.2) is 133 Å². The number of benzene rings is 5. The van der Waals surface area contributed by atoms with Gasteiger partial charge in [-0.1, -0.05) is 200 Å². The third-order valence-corrected chi connectivity index (χ3v) is 12.2. The van der Waals surface area contributed by atoms with Crippen molar-refractivity contribution in [1.29, 1.82) is 0 Å². The number of thiophene rings is 1. The maximum absolute atomic E-state index is 11.7. The number of fused-ring (bicyclic) bond motifs is 3. The number of carbonyl (C=O) groups excluding carboxylic acids is 3. The Balaban J connectivity index is 0. The largest absolute Gasteiger partial charge is 0.465 e. The molecule has 0 saturated carbocycles. The molecule has 0 saturated heterocycles. The molecule has 0 aliphatic carbocycles. The number of hydrogen-bond acceptors (Lipinski definition) is 6. The second-order valence-corrected chi connectivity index (χ2v) is 17.4. The molecule has 7 heteroatoms. The van der Waals surface area contributed by atoms with E-state index >= 15 is 0 Å². The Morgan fingerprint density at radius 2 is 1.03 bits per heavy atom. The van der Waals surface area contributed by atoms with E-state index in [1.54, 1.807) is 12.1 Å². The summed E-state index contributed by atoms with van der Waals surface area (Å²) in [4.78, 5) is 34.7. The number of carbonyl (C=O) groups is 3. The minimum absolute atomic E-state index is 0.0835. The van der Waals surface area contributed by atoms with Crippen LogP contribution in [-0.4, -0.2) is 24.5 Å². The standard InChI is InChI=1S/C16H16S.C14H20O2.C12H16O2.C11H15NO.4C2H6/c1-3-11(2)12-8-6-9-14-13-7-4-5-10-15(13)17-16(12)14;1-4-14(2,3)13(15)16-11-10-12-8-6-5-7-9-12;1-4-12(2,3)11(13)14-10-8-6-5-7-9-10;1-3-9(2)11(13)12-10-7-5-4-6-8-10;4*1-2/h4-11H,3H2,1-2H3;5-9H,4,10-11H2,1-3H3;5-9H,4H2,1-3H3;4-9H,3H2,1-2H3,(H,12,13);4*1-2H3. The summed E-state index contributed by atoms with van der Waals surface area (Å²) in [5.74, 6) is 1.15. The third-order valence-electron chi connectivity index (χ3n) is 11.0. The molecule has 0 fully saturated rings. The Kier molecular flexibility index (Phi) is 35.9. The van der Waals surface area contributed by atoms with E-state index in [-0.39, 0.29) is 29.2 Å². The van der Waals surface area contributed by atoms with Gasteiger partial charge in [0.15, 0.2) is 0 Å². The van der Waals surface area contributed by atoms with Crippen molar-refractivity contribution >= 4 is 55.0 Å². The van der Waals surface area contributed by atoms with Gasteiger partial charge >= 0.3 is 11.9 Å². The molecule has 376 valence electrons. The minimum atomic E-state index is -0.407. The highest BCUT2D eigenvalue weighted by Crippen LogP contribution is 2.38. The van der Waals surface area contributed by atoms with E-state index < -0.39 is 5.41 Å². The van der Waals surface area contributed by atoms with Gasteiger partial charge in [-0.25, -0.2) is 0 Å². The van der Waals surface area contributed by atoms with Crippen LogP contribution in [0.3, 0.4) is 0 Å².